The number of allylic oxidation sites excluding steroid dienone is 2. The van der Waals surface area contributed by atoms with Gasteiger partial charge in [-0.2, -0.15) is 0 Å². The zero-order chi connectivity index (χ0) is 26.8. The first-order chi connectivity index (χ1) is 16.7. The van der Waals surface area contributed by atoms with E-state index in [4.69, 9.17) is 10.1 Å². The molecule has 0 aliphatic heterocycles. The third kappa shape index (κ3) is 7.94. The molecule has 0 saturated heterocycles. The third-order valence-corrected chi connectivity index (χ3v) is 6.96. The van der Waals surface area contributed by atoms with Crippen LogP contribution in [0.25, 0.3) is 31.9 Å². The van der Waals surface area contributed by atoms with Crippen LogP contribution in [0, 0.1) is 33.8 Å². The number of hydrogen-bond donors (Lipinski definition) is 1. The molecule has 197 valence electrons. The summed E-state index contributed by atoms with van der Waals surface area (Å²) in [6.07, 6.45) is 1.17. The summed E-state index contributed by atoms with van der Waals surface area (Å²) in [6.45, 7) is 18.3. The van der Waals surface area contributed by atoms with Crippen molar-refractivity contribution in [3.63, 3.8) is 0 Å². The molecule has 2 heterocycles. The summed E-state index contributed by atoms with van der Waals surface area (Å²) in [6, 6.07) is 19.0. The van der Waals surface area contributed by atoms with Gasteiger partial charge in [0.1, 0.15) is 0 Å². The van der Waals surface area contributed by atoms with Gasteiger partial charge in [-0.15, -0.1) is 46.2 Å². The molecule has 2 aromatic heterocycles. The number of aliphatic hydroxyl groups is 1. The van der Waals surface area contributed by atoms with Crippen molar-refractivity contribution in [3.8, 4) is 21.7 Å². The Hall–Kier alpha value is -2.59. The molecule has 0 bridgehead atoms. The SMILES string of the molecule is CC(=O)/C=C(/C)O.Cc1[c-]c(-c2ccc3sc(-c4c(C)cc(C(C)(C)C)cc4C)cc3n2)cc(C)c1.[Ir]. The quantitative estimate of drug-likeness (QED) is 0.133. The molecule has 0 amide bonds. The number of rotatable bonds is 3. The van der Waals surface area contributed by atoms with E-state index in [0.717, 1.165) is 22.3 Å². The molecule has 0 saturated carbocycles. The monoisotopic (exact) mass is 691 g/mol. The van der Waals surface area contributed by atoms with Crippen LogP contribution >= 0.6 is 11.3 Å². The molecular formula is C32H36IrNO2S-. The van der Waals surface area contributed by atoms with Gasteiger partial charge < -0.3 is 5.11 Å². The summed E-state index contributed by atoms with van der Waals surface area (Å²) in [5, 5.41) is 8.36. The number of benzene rings is 2. The molecule has 0 spiro atoms. The summed E-state index contributed by atoms with van der Waals surface area (Å²) >= 11 is 1.83. The van der Waals surface area contributed by atoms with Crippen LogP contribution in [0.2, 0.25) is 0 Å². The van der Waals surface area contributed by atoms with Gasteiger partial charge in [0.15, 0.2) is 5.78 Å². The maximum atomic E-state index is 10.0. The number of carbonyl (C=O) groups is 1. The Bertz CT molecular complexity index is 1410. The maximum absolute atomic E-state index is 10.0. The van der Waals surface area contributed by atoms with Crippen molar-refractivity contribution >= 4 is 27.3 Å². The first kappa shape index (κ1) is 30.6. The molecule has 0 fully saturated rings. The molecule has 0 atom stereocenters. The zero-order valence-corrected chi connectivity index (χ0v) is 26.4. The second-order valence-electron chi connectivity index (χ2n) is 10.6. The van der Waals surface area contributed by atoms with E-state index in [1.54, 1.807) is 0 Å². The topological polar surface area (TPSA) is 50.2 Å². The number of fused-ring (bicyclic) bond motifs is 1. The Morgan fingerprint density at radius 1 is 0.973 bits per heavy atom. The fourth-order valence-corrected chi connectivity index (χ4v) is 5.49. The van der Waals surface area contributed by atoms with Gasteiger partial charge in [-0.05, 0) is 73.2 Å². The summed E-state index contributed by atoms with van der Waals surface area (Å²) < 4.78 is 1.23. The Balaban J connectivity index is 0.000000532. The number of ketones is 1. The fraction of sp³-hybridized carbons (Fsp3) is 0.312. The van der Waals surface area contributed by atoms with Crippen molar-refractivity contribution in [3.05, 3.63) is 88.2 Å². The molecule has 1 radical (unpaired) electrons. The van der Waals surface area contributed by atoms with E-state index in [1.807, 2.05) is 11.3 Å². The van der Waals surface area contributed by atoms with Crippen LogP contribution in [0.15, 0.2) is 54.3 Å². The molecule has 0 aliphatic carbocycles. The fourth-order valence-electron chi connectivity index (χ4n) is 4.31. The van der Waals surface area contributed by atoms with Crippen molar-refractivity contribution in [2.45, 2.75) is 67.7 Å². The summed E-state index contributed by atoms with van der Waals surface area (Å²) in [4.78, 5) is 16.3. The minimum absolute atomic E-state index is 0. The van der Waals surface area contributed by atoms with Crippen LogP contribution in [0.3, 0.4) is 0 Å². The van der Waals surface area contributed by atoms with Gasteiger partial charge in [-0.25, -0.2) is 0 Å². The van der Waals surface area contributed by atoms with E-state index < -0.39 is 0 Å². The number of pyridine rings is 1. The second-order valence-corrected chi connectivity index (χ2v) is 11.7. The summed E-state index contributed by atoms with van der Waals surface area (Å²) in [7, 11) is 0. The average molecular weight is 691 g/mol. The van der Waals surface area contributed by atoms with Gasteiger partial charge in [0, 0.05) is 31.1 Å². The van der Waals surface area contributed by atoms with Gasteiger partial charge >= 0.3 is 0 Å². The van der Waals surface area contributed by atoms with E-state index in [0.29, 0.717) is 0 Å². The number of aromatic nitrogens is 1. The molecule has 3 nitrogen and oxygen atoms in total. The largest absolute Gasteiger partial charge is 0.512 e. The predicted molar refractivity (Wildman–Crippen MR) is 154 cm³/mol. The summed E-state index contributed by atoms with van der Waals surface area (Å²) in [5.41, 5.74) is 11.1. The normalized spacial score (nSPS) is 11.5. The second kappa shape index (κ2) is 12.3. The number of aryl methyl sites for hydroxylation is 4. The van der Waals surface area contributed by atoms with E-state index in [2.05, 4.69) is 97.0 Å². The molecule has 4 rings (SSSR count). The van der Waals surface area contributed by atoms with Gasteiger partial charge in [0.25, 0.3) is 0 Å². The van der Waals surface area contributed by atoms with E-state index >= 15 is 0 Å². The first-order valence-electron chi connectivity index (χ1n) is 12.2. The molecule has 37 heavy (non-hydrogen) atoms. The smallest absolute Gasteiger partial charge is 0.155 e. The van der Waals surface area contributed by atoms with E-state index in [9.17, 15) is 4.79 Å². The van der Waals surface area contributed by atoms with Crippen LogP contribution in [0.4, 0.5) is 0 Å². The van der Waals surface area contributed by atoms with Crippen molar-refractivity contribution < 1.29 is 30.0 Å². The van der Waals surface area contributed by atoms with Crippen molar-refractivity contribution in [2.75, 3.05) is 0 Å². The number of carbonyl (C=O) groups excluding carboxylic acids is 1. The standard InChI is InChI=1S/C27H28NS.C5H8O2.Ir/c1-16-10-17(2)12-20(11-16)22-8-9-24-23(28-22)15-25(29-24)26-18(3)13-21(14-19(26)4)27(5,6)7;1-4(6)3-5(2)7;/h8-11,13-15H,1-7H3;3,6H,1-2H3;/q-1;;/b;4-3-;. The number of hydrogen-bond acceptors (Lipinski definition) is 4. The van der Waals surface area contributed by atoms with Crippen LogP contribution < -0.4 is 0 Å². The minimum Gasteiger partial charge on any atom is -0.512 e. The van der Waals surface area contributed by atoms with Gasteiger partial charge in [0.05, 0.1) is 16.0 Å². The Morgan fingerprint density at radius 2 is 1.59 bits per heavy atom. The molecule has 5 heteroatoms. The van der Waals surface area contributed by atoms with Crippen molar-refractivity contribution in [1.29, 1.82) is 0 Å². The predicted octanol–water partition coefficient (Wildman–Crippen LogP) is 9.00. The van der Waals surface area contributed by atoms with Crippen LogP contribution in [0.5, 0.6) is 0 Å². The van der Waals surface area contributed by atoms with Gasteiger partial charge in [-0.3, -0.25) is 9.78 Å². The van der Waals surface area contributed by atoms with Crippen molar-refractivity contribution in [2.24, 2.45) is 0 Å². The average Bonchev–Trinajstić information content (AvgIpc) is 3.14. The van der Waals surface area contributed by atoms with Gasteiger partial charge in [0.2, 0.25) is 0 Å². The van der Waals surface area contributed by atoms with Gasteiger partial charge in [-0.1, -0.05) is 52.8 Å². The number of thiophene rings is 1. The Kier molecular flexibility index (Phi) is 10.2. The zero-order valence-electron chi connectivity index (χ0n) is 23.2. The van der Waals surface area contributed by atoms with E-state index in [1.165, 1.54) is 57.3 Å². The molecule has 2 aromatic carbocycles. The Morgan fingerprint density at radius 3 is 2.08 bits per heavy atom. The molecule has 0 aliphatic rings. The molecule has 1 N–H and O–H groups in total. The number of aliphatic hydroxyl groups excluding tert-OH is 1. The molecular weight excluding hydrogens is 655 g/mol. The summed E-state index contributed by atoms with van der Waals surface area (Å²) in [5.74, 6) is -0.0625. The van der Waals surface area contributed by atoms with Crippen molar-refractivity contribution in [1.82, 2.24) is 4.98 Å². The maximum Gasteiger partial charge on any atom is 0.155 e. The first-order valence-corrected chi connectivity index (χ1v) is 13.0. The third-order valence-electron chi connectivity index (χ3n) is 5.85. The molecule has 0 unspecified atom stereocenters. The Labute approximate surface area is 239 Å². The van der Waals surface area contributed by atoms with E-state index in [-0.39, 0.29) is 37.1 Å². The number of nitrogens with zero attached hydrogens (tertiary/aromatic N) is 1. The minimum atomic E-state index is -0.125. The van der Waals surface area contributed by atoms with Crippen LogP contribution in [-0.4, -0.2) is 15.9 Å². The van der Waals surface area contributed by atoms with Crippen LogP contribution in [0.1, 0.15) is 62.4 Å². The van der Waals surface area contributed by atoms with Crippen LogP contribution in [-0.2, 0) is 30.3 Å². The molecule has 4 aromatic rings.